The summed E-state index contributed by atoms with van der Waals surface area (Å²) in [6, 6.07) is 14.3. The molecule has 1 aromatic heterocycles. The summed E-state index contributed by atoms with van der Waals surface area (Å²) in [5, 5.41) is 10.2. The van der Waals surface area contributed by atoms with E-state index in [2.05, 4.69) is 41.1 Å². The number of carbonyl (C=O) groups excluding carboxylic acids is 1. The van der Waals surface area contributed by atoms with Gasteiger partial charge in [0.2, 0.25) is 0 Å². The minimum Gasteiger partial charge on any atom is -0.493 e. The summed E-state index contributed by atoms with van der Waals surface area (Å²) in [6.45, 7) is 4.48. The molecule has 6 nitrogen and oxygen atoms in total. The Morgan fingerprint density at radius 2 is 2.02 bits per heavy atom. The van der Waals surface area contributed by atoms with Gasteiger partial charge in [0, 0.05) is 22.5 Å². The number of fused-ring (bicyclic) bond motifs is 2. The zero-order chi connectivity index (χ0) is 28.2. The summed E-state index contributed by atoms with van der Waals surface area (Å²) >= 11 is 4.62. The maximum Gasteiger partial charge on any atom is 0.346 e. The number of rotatable bonds is 7. The Morgan fingerprint density at radius 1 is 1.20 bits per heavy atom. The number of carboxylic acid groups (broad SMARTS) is 1. The molecule has 1 N–H and O–H groups in total. The van der Waals surface area contributed by atoms with Crippen LogP contribution in [0.25, 0.3) is 0 Å². The molecule has 0 saturated heterocycles. The molecule has 2 aromatic carbocycles. The summed E-state index contributed by atoms with van der Waals surface area (Å²) in [7, 11) is 1.67. The minimum absolute atomic E-state index is 0.0163. The Kier molecular flexibility index (Phi) is 6.95. The number of carboxylic acids is 1. The number of allylic oxidation sites excluding steroid dienone is 2. The second-order valence-electron chi connectivity index (χ2n) is 11.1. The number of thiophene rings is 1. The van der Waals surface area contributed by atoms with Crippen LogP contribution in [0.4, 0.5) is 5.00 Å². The van der Waals surface area contributed by atoms with E-state index in [1.807, 2.05) is 30.3 Å². The molecule has 3 unspecified atom stereocenters. The Balaban J connectivity index is 1.27. The van der Waals surface area contributed by atoms with E-state index < -0.39 is 5.97 Å². The second kappa shape index (κ2) is 10.3. The van der Waals surface area contributed by atoms with Gasteiger partial charge in [-0.3, -0.25) is 4.79 Å². The van der Waals surface area contributed by atoms with Gasteiger partial charge in [-0.1, -0.05) is 47.1 Å². The maximum absolute atomic E-state index is 13.2. The summed E-state index contributed by atoms with van der Waals surface area (Å²) in [4.78, 5) is 30.2. The van der Waals surface area contributed by atoms with Crippen LogP contribution in [-0.4, -0.2) is 29.7 Å². The van der Waals surface area contributed by atoms with Crippen LogP contribution in [0.15, 0.2) is 63.6 Å². The smallest absolute Gasteiger partial charge is 0.346 e. The van der Waals surface area contributed by atoms with Crippen LogP contribution < -0.4 is 9.47 Å². The summed E-state index contributed by atoms with van der Waals surface area (Å²) in [5.41, 5.74) is 5.23. The Bertz CT molecular complexity index is 1600. The van der Waals surface area contributed by atoms with E-state index in [-0.39, 0.29) is 28.4 Å². The van der Waals surface area contributed by atoms with Gasteiger partial charge >= 0.3 is 5.97 Å². The van der Waals surface area contributed by atoms with E-state index in [9.17, 15) is 14.7 Å². The van der Waals surface area contributed by atoms with Gasteiger partial charge in [-0.15, -0.1) is 11.3 Å². The van der Waals surface area contributed by atoms with E-state index in [0.717, 1.165) is 51.9 Å². The molecule has 0 bridgehead atoms. The van der Waals surface area contributed by atoms with Crippen molar-refractivity contribution in [3.63, 3.8) is 0 Å². The van der Waals surface area contributed by atoms with E-state index in [1.165, 1.54) is 5.56 Å². The number of Topliss-reactive ketones (excluding diaryl/α,β-unsaturated/α-hetero) is 1. The number of halogens is 1. The van der Waals surface area contributed by atoms with Crippen molar-refractivity contribution >= 4 is 49.7 Å². The van der Waals surface area contributed by atoms with Crippen LogP contribution in [0.5, 0.6) is 11.5 Å². The maximum atomic E-state index is 13.2. The quantitative estimate of drug-likeness (QED) is 0.287. The zero-order valence-corrected chi connectivity index (χ0v) is 25.0. The number of carbonyl (C=O) groups is 2. The van der Waals surface area contributed by atoms with Gasteiger partial charge in [-0.25, -0.2) is 9.79 Å². The van der Waals surface area contributed by atoms with Crippen molar-refractivity contribution < 1.29 is 24.2 Å². The molecule has 3 aromatic rings. The van der Waals surface area contributed by atoms with Crippen LogP contribution in [0, 0.1) is 18.3 Å². The first kappa shape index (κ1) is 27.0. The van der Waals surface area contributed by atoms with Crippen LogP contribution in [0.3, 0.4) is 0 Å². The normalized spacial score (nSPS) is 23.4. The molecule has 40 heavy (non-hydrogen) atoms. The standard InChI is InChI=1S/C32H30BrNO5S/c1-17-27-24(35)13-20-7-5-9-22(28(20)34-30(27)40-29(17)31(36)37)32(2)15-23(32)19-10-11-25(26(14-19)38-3)39-16-18-6-4-8-21(33)12-18/h4,6-8,10-12,14,22-23H,5,9,13,15-16H2,1-3H3,(H,36,37). The van der Waals surface area contributed by atoms with Gasteiger partial charge in [-0.05, 0) is 84.0 Å². The van der Waals surface area contributed by atoms with Crippen molar-refractivity contribution in [1.82, 2.24) is 0 Å². The Morgan fingerprint density at radius 3 is 2.77 bits per heavy atom. The predicted octanol–water partition coefficient (Wildman–Crippen LogP) is 8.29. The van der Waals surface area contributed by atoms with Crippen molar-refractivity contribution in [2.45, 2.75) is 52.1 Å². The third-order valence-corrected chi connectivity index (χ3v) is 10.3. The number of aromatic carboxylic acids is 1. The lowest BCUT2D eigenvalue weighted by molar-refractivity contribution is 0.0701. The average Bonchev–Trinajstić information content (AvgIpc) is 3.55. The molecule has 6 rings (SSSR count). The fourth-order valence-corrected chi connectivity index (χ4v) is 7.89. The largest absolute Gasteiger partial charge is 0.493 e. The van der Waals surface area contributed by atoms with Crippen LogP contribution >= 0.6 is 27.3 Å². The van der Waals surface area contributed by atoms with Crippen LogP contribution in [0.2, 0.25) is 0 Å². The molecule has 206 valence electrons. The molecule has 3 aliphatic rings. The summed E-state index contributed by atoms with van der Waals surface area (Å²) < 4.78 is 12.8. The van der Waals surface area contributed by atoms with Crippen LogP contribution in [0.1, 0.15) is 75.2 Å². The summed E-state index contributed by atoms with van der Waals surface area (Å²) in [6.07, 6.45) is 5.30. The highest BCUT2D eigenvalue weighted by atomic mass is 79.9. The SMILES string of the molecule is COc1cc(C2CC2(C)C2CCC=C3CC(=O)c4c(sc(C(=O)O)c4C)N=C32)ccc1OCc1cccc(Br)c1. The molecule has 2 aliphatic carbocycles. The number of methoxy groups -OCH3 is 1. The van der Waals surface area contributed by atoms with E-state index >= 15 is 0 Å². The molecular formula is C32H30BrNO5S. The highest BCUT2D eigenvalue weighted by molar-refractivity contribution is 9.10. The van der Waals surface area contributed by atoms with Gasteiger partial charge < -0.3 is 14.6 Å². The lowest BCUT2D eigenvalue weighted by Gasteiger charge is -2.30. The fraction of sp³-hybridized carbons (Fsp3) is 0.344. The molecule has 0 spiro atoms. The number of nitrogens with zero attached hydrogens (tertiary/aromatic N) is 1. The molecule has 3 atom stereocenters. The lowest BCUT2D eigenvalue weighted by atomic mass is 9.74. The molecule has 1 saturated carbocycles. The lowest BCUT2D eigenvalue weighted by Crippen LogP contribution is -2.29. The van der Waals surface area contributed by atoms with E-state index in [1.54, 1.807) is 14.0 Å². The van der Waals surface area contributed by atoms with Crippen molar-refractivity contribution in [3.05, 3.63) is 85.7 Å². The number of ether oxygens (including phenoxy) is 2. The van der Waals surface area contributed by atoms with Gasteiger partial charge in [-0.2, -0.15) is 0 Å². The van der Waals surface area contributed by atoms with Gasteiger partial charge in [0.05, 0.1) is 12.7 Å². The van der Waals surface area contributed by atoms with Crippen molar-refractivity contribution in [2.24, 2.45) is 16.3 Å². The Labute approximate surface area is 245 Å². The van der Waals surface area contributed by atoms with E-state index in [4.69, 9.17) is 14.5 Å². The topological polar surface area (TPSA) is 85.2 Å². The van der Waals surface area contributed by atoms with Crippen molar-refractivity contribution in [3.8, 4) is 11.5 Å². The summed E-state index contributed by atoms with van der Waals surface area (Å²) in [5.74, 6) is 0.881. The molecule has 2 heterocycles. The monoisotopic (exact) mass is 619 g/mol. The first-order valence-corrected chi connectivity index (χ1v) is 15.0. The number of aliphatic imine (C=N–C) groups is 1. The zero-order valence-electron chi connectivity index (χ0n) is 22.6. The number of benzene rings is 2. The van der Waals surface area contributed by atoms with Crippen molar-refractivity contribution in [1.29, 1.82) is 0 Å². The van der Waals surface area contributed by atoms with Gasteiger partial charge in [0.15, 0.2) is 17.3 Å². The average molecular weight is 621 g/mol. The molecular weight excluding hydrogens is 590 g/mol. The third-order valence-electron chi connectivity index (χ3n) is 8.63. The van der Waals surface area contributed by atoms with Gasteiger partial charge in [0.1, 0.15) is 16.5 Å². The fourth-order valence-electron chi connectivity index (χ4n) is 6.40. The highest BCUT2D eigenvalue weighted by Gasteiger charge is 2.57. The van der Waals surface area contributed by atoms with Gasteiger partial charge in [0.25, 0.3) is 0 Å². The molecule has 0 radical (unpaired) electrons. The van der Waals surface area contributed by atoms with E-state index in [0.29, 0.717) is 40.2 Å². The number of hydrogen-bond acceptors (Lipinski definition) is 6. The third kappa shape index (κ3) is 4.71. The number of ketones is 1. The first-order valence-electron chi connectivity index (χ1n) is 13.4. The number of hydrogen-bond donors (Lipinski definition) is 1. The Hall–Kier alpha value is -3.23. The second-order valence-corrected chi connectivity index (χ2v) is 13.0. The van der Waals surface area contributed by atoms with Crippen molar-refractivity contribution in [2.75, 3.05) is 7.11 Å². The first-order chi connectivity index (χ1) is 19.2. The highest BCUT2D eigenvalue weighted by Crippen LogP contribution is 2.66. The minimum atomic E-state index is -1.01. The molecule has 8 heteroatoms. The predicted molar refractivity (Wildman–Crippen MR) is 160 cm³/mol. The molecule has 0 amide bonds. The molecule has 1 aliphatic heterocycles. The molecule has 1 fully saturated rings. The van der Waals surface area contributed by atoms with Crippen LogP contribution in [-0.2, 0) is 6.61 Å².